The molecule has 0 heterocycles. The molecule has 0 N–H and O–H groups in total. The predicted octanol–water partition coefficient (Wildman–Crippen LogP) is 3.98. The SMILES string of the molecule is CCC(C)c1ccc(CN(C)CBr)cc1. The van der Waals surface area contributed by atoms with Crippen molar-refractivity contribution < 1.29 is 0 Å². The molecular weight excluding hydrogens is 250 g/mol. The van der Waals surface area contributed by atoms with Crippen LogP contribution >= 0.6 is 15.9 Å². The van der Waals surface area contributed by atoms with E-state index in [1.807, 2.05) is 0 Å². The smallest absolute Gasteiger partial charge is 0.0542 e. The van der Waals surface area contributed by atoms with Crippen LogP contribution in [0.3, 0.4) is 0 Å². The van der Waals surface area contributed by atoms with Crippen LogP contribution in [0.15, 0.2) is 24.3 Å². The molecule has 0 aliphatic carbocycles. The topological polar surface area (TPSA) is 3.24 Å². The normalized spacial score (nSPS) is 13.1. The number of benzene rings is 1. The van der Waals surface area contributed by atoms with E-state index < -0.39 is 0 Å². The standard InChI is InChI=1S/C13H20BrN/c1-4-11(2)13-7-5-12(6-8-13)9-15(3)10-14/h5-8,11H,4,9-10H2,1-3H3. The Kier molecular flexibility index (Phi) is 5.34. The average Bonchev–Trinajstić information content (AvgIpc) is 2.29. The van der Waals surface area contributed by atoms with E-state index in [1.54, 1.807) is 0 Å². The molecule has 1 unspecified atom stereocenters. The van der Waals surface area contributed by atoms with Crippen LogP contribution in [0.5, 0.6) is 0 Å². The van der Waals surface area contributed by atoms with Gasteiger partial charge in [-0.3, -0.25) is 4.90 Å². The molecule has 0 radical (unpaired) electrons. The molecule has 84 valence electrons. The zero-order valence-corrected chi connectivity index (χ0v) is 11.4. The summed E-state index contributed by atoms with van der Waals surface area (Å²) in [5.74, 6) is 0.674. The zero-order valence-electron chi connectivity index (χ0n) is 9.83. The van der Waals surface area contributed by atoms with E-state index in [4.69, 9.17) is 0 Å². The van der Waals surface area contributed by atoms with Gasteiger partial charge in [-0.1, -0.05) is 54.0 Å². The lowest BCUT2D eigenvalue weighted by atomic mass is 9.98. The Morgan fingerprint density at radius 1 is 1.27 bits per heavy atom. The van der Waals surface area contributed by atoms with Gasteiger partial charge in [-0.15, -0.1) is 0 Å². The molecule has 1 aromatic carbocycles. The molecule has 0 saturated heterocycles. The highest BCUT2D eigenvalue weighted by molar-refractivity contribution is 9.09. The third-order valence-electron chi connectivity index (χ3n) is 2.82. The minimum absolute atomic E-state index is 0.674. The molecule has 0 aromatic heterocycles. The van der Waals surface area contributed by atoms with Crippen LogP contribution in [0, 0.1) is 0 Å². The summed E-state index contributed by atoms with van der Waals surface area (Å²) in [5.41, 5.74) is 3.74. The van der Waals surface area contributed by atoms with Crippen LogP contribution in [-0.4, -0.2) is 17.4 Å². The fraction of sp³-hybridized carbons (Fsp3) is 0.538. The van der Waals surface area contributed by atoms with Gasteiger partial charge in [-0.05, 0) is 30.5 Å². The quantitative estimate of drug-likeness (QED) is 0.577. The number of halogens is 1. The van der Waals surface area contributed by atoms with Crippen molar-refractivity contribution in [2.45, 2.75) is 32.7 Å². The molecule has 0 aliphatic heterocycles. The monoisotopic (exact) mass is 269 g/mol. The maximum Gasteiger partial charge on any atom is 0.0542 e. The largest absolute Gasteiger partial charge is 0.292 e. The van der Waals surface area contributed by atoms with Gasteiger partial charge in [-0.25, -0.2) is 0 Å². The van der Waals surface area contributed by atoms with Crippen LogP contribution in [0.4, 0.5) is 0 Å². The van der Waals surface area contributed by atoms with Gasteiger partial charge in [0.15, 0.2) is 0 Å². The summed E-state index contributed by atoms with van der Waals surface area (Å²) in [6.45, 7) is 5.52. The van der Waals surface area contributed by atoms with Crippen molar-refractivity contribution in [3.63, 3.8) is 0 Å². The fourth-order valence-electron chi connectivity index (χ4n) is 1.54. The first-order chi connectivity index (χ1) is 7.17. The lowest BCUT2D eigenvalue weighted by Crippen LogP contribution is -2.14. The summed E-state index contributed by atoms with van der Waals surface area (Å²) >= 11 is 3.45. The van der Waals surface area contributed by atoms with Crippen LogP contribution in [0.2, 0.25) is 0 Å². The summed E-state index contributed by atoms with van der Waals surface area (Å²) in [5, 5.41) is 0. The molecule has 0 aliphatic rings. The van der Waals surface area contributed by atoms with E-state index in [1.165, 1.54) is 17.5 Å². The molecule has 0 spiro atoms. The van der Waals surface area contributed by atoms with Crippen LogP contribution < -0.4 is 0 Å². The predicted molar refractivity (Wildman–Crippen MR) is 70.4 cm³/mol. The first kappa shape index (κ1) is 12.7. The fourth-order valence-corrected chi connectivity index (χ4v) is 1.72. The average molecular weight is 270 g/mol. The van der Waals surface area contributed by atoms with E-state index >= 15 is 0 Å². The van der Waals surface area contributed by atoms with E-state index in [0.717, 1.165) is 12.0 Å². The second kappa shape index (κ2) is 6.29. The van der Waals surface area contributed by atoms with E-state index in [0.29, 0.717) is 5.92 Å². The van der Waals surface area contributed by atoms with Gasteiger partial charge in [0.2, 0.25) is 0 Å². The molecule has 15 heavy (non-hydrogen) atoms. The number of hydrogen-bond donors (Lipinski definition) is 0. The molecule has 0 saturated carbocycles. The van der Waals surface area contributed by atoms with Crippen LogP contribution in [-0.2, 0) is 6.54 Å². The molecule has 1 aromatic rings. The maximum atomic E-state index is 3.45. The van der Waals surface area contributed by atoms with Gasteiger partial charge >= 0.3 is 0 Å². The maximum absolute atomic E-state index is 3.45. The Morgan fingerprint density at radius 2 is 1.87 bits per heavy atom. The Morgan fingerprint density at radius 3 is 2.33 bits per heavy atom. The van der Waals surface area contributed by atoms with Gasteiger partial charge in [0.1, 0.15) is 0 Å². The van der Waals surface area contributed by atoms with Crippen molar-refractivity contribution in [2.75, 3.05) is 12.5 Å². The Hall–Kier alpha value is -0.340. The molecule has 0 amide bonds. The van der Waals surface area contributed by atoms with E-state index in [2.05, 4.69) is 66.0 Å². The summed E-state index contributed by atoms with van der Waals surface area (Å²) in [7, 11) is 2.11. The van der Waals surface area contributed by atoms with Crippen molar-refractivity contribution >= 4 is 15.9 Å². The van der Waals surface area contributed by atoms with Gasteiger partial charge < -0.3 is 0 Å². The minimum atomic E-state index is 0.674. The van der Waals surface area contributed by atoms with E-state index in [9.17, 15) is 0 Å². The molecule has 1 rings (SSSR count). The first-order valence-electron chi connectivity index (χ1n) is 5.50. The van der Waals surface area contributed by atoms with Crippen LogP contribution in [0.25, 0.3) is 0 Å². The Balaban J connectivity index is 2.64. The number of alkyl halides is 1. The third kappa shape index (κ3) is 3.96. The molecule has 0 fully saturated rings. The Bertz CT molecular complexity index is 281. The van der Waals surface area contributed by atoms with Gasteiger partial charge in [-0.2, -0.15) is 0 Å². The summed E-state index contributed by atoms with van der Waals surface area (Å²) in [6, 6.07) is 8.98. The number of nitrogens with zero attached hydrogens (tertiary/aromatic N) is 1. The van der Waals surface area contributed by atoms with Crippen molar-refractivity contribution in [2.24, 2.45) is 0 Å². The first-order valence-corrected chi connectivity index (χ1v) is 6.62. The minimum Gasteiger partial charge on any atom is -0.292 e. The molecule has 0 bridgehead atoms. The summed E-state index contributed by atoms with van der Waals surface area (Å²) in [4.78, 5) is 2.23. The zero-order chi connectivity index (χ0) is 11.3. The van der Waals surface area contributed by atoms with Gasteiger partial charge in [0.25, 0.3) is 0 Å². The van der Waals surface area contributed by atoms with Crippen molar-refractivity contribution in [3.05, 3.63) is 35.4 Å². The van der Waals surface area contributed by atoms with Crippen molar-refractivity contribution in [1.29, 1.82) is 0 Å². The lowest BCUT2D eigenvalue weighted by Gasteiger charge is -2.14. The third-order valence-corrected chi connectivity index (χ3v) is 3.67. The van der Waals surface area contributed by atoms with Crippen molar-refractivity contribution in [3.8, 4) is 0 Å². The van der Waals surface area contributed by atoms with Crippen molar-refractivity contribution in [1.82, 2.24) is 4.90 Å². The van der Waals surface area contributed by atoms with E-state index in [-0.39, 0.29) is 0 Å². The molecular formula is C13H20BrN. The second-order valence-electron chi connectivity index (χ2n) is 4.18. The van der Waals surface area contributed by atoms with Gasteiger partial charge in [0, 0.05) is 6.54 Å². The second-order valence-corrected chi connectivity index (χ2v) is 4.69. The van der Waals surface area contributed by atoms with Crippen LogP contribution in [0.1, 0.15) is 37.3 Å². The number of hydrogen-bond acceptors (Lipinski definition) is 1. The highest BCUT2D eigenvalue weighted by Crippen LogP contribution is 2.19. The summed E-state index contributed by atoms with van der Waals surface area (Å²) in [6.07, 6.45) is 1.21. The summed E-state index contributed by atoms with van der Waals surface area (Å²) < 4.78 is 0. The molecule has 1 atom stereocenters. The lowest BCUT2D eigenvalue weighted by molar-refractivity contribution is 0.390. The molecule has 2 heteroatoms. The van der Waals surface area contributed by atoms with Gasteiger partial charge in [0.05, 0.1) is 5.45 Å². The Labute approximate surface area is 102 Å². The number of rotatable bonds is 5. The molecule has 1 nitrogen and oxygen atoms in total. The highest BCUT2D eigenvalue weighted by atomic mass is 79.9. The highest BCUT2D eigenvalue weighted by Gasteiger charge is 2.03.